The van der Waals surface area contributed by atoms with Crippen LogP contribution in [0.15, 0.2) is 0 Å². The Morgan fingerprint density at radius 1 is 1.25 bits per heavy atom. The smallest absolute Gasteiger partial charge is 0.240 e. The van der Waals surface area contributed by atoms with E-state index in [1.807, 2.05) is 0 Å². The Balaban J connectivity index is 1.55. The van der Waals surface area contributed by atoms with Gasteiger partial charge in [0.15, 0.2) is 0 Å². The SMILES string of the molecule is NC1(C(=O)NCCCN2CCCC2)CCC1. The van der Waals surface area contributed by atoms with Crippen LogP contribution in [0.25, 0.3) is 0 Å². The number of nitrogens with one attached hydrogen (secondary N) is 1. The van der Waals surface area contributed by atoms with Gasteiger partial charge < -0.3 is 16.0 Å². The molecule has 0 radical (unpaired) electrons. The monoisotopic (exact) mass is 225 g/mol. The van der Waals surface area contributed by atoms with E-state index in [-0.39, 0.29) is 5.91 Å². The molecule has 0 atom stereocenters. The number of nitrogens with zero attached hydrogens (tertiary/aromatic N) is 1. The van der Waals surface area contributed by atoms with Crippen molar-refractivity contribution < 1.29 is 4.79 Å². The molecule has 1 amide bonds. The lowest BCUT2D eigenvalue weighted by atomic mass is 9.77. The van der Waals surface area contributed by atoms with Crippen molar-refractivity contribution in [3.8, 4) is 0 Å². The van der Waals surface area contributed by atoms with Gasteiger partial charge in [-0.15, -0.1) is 0 Å². The van der Waals surface area contributed by atoms with E-state index in [9.17, 15) is 4.79 Å². The molecule has 0 aromatic rings. The van der Waals surface area contributed by atoms with Crippen LogP contribution in [-0.2, 0) is 4.79 Å². The second-order valence-corrected chi connectivity index (χ2v) is 5.17. The van der Waals surface area contributed by atoms with Crippen molar-refractivity contribution in [2.45, 2.75) is 44.1 Å². The minimum atomic E-state index is -0.534. The number of hydrogen-bond donors (Lipinski definition) is 2. The molecule has 1 saturated carbocycles. The summed E-state index contributed by atoms with van der Waals surface area (Å²) >= 11 is 0. The van der Waals surface area contributed by atoms with Gasteiger partial charge in [-0.1, -0.05) is 0 Å². The zero-order chi connectivity index (χ0) is 11.4. The maximum Gasteiger partial charge on any atom is 0.240 e. The van der Waals surface area contributed by atoms with Gasteiger partial charge in [0.25, 0.3) is 0 Å². The van der Waals surface area contributed by atoms with Crippen molar-refractivity contribution in [2.24, 2.45) is 5.73 Å². The van der Waals surface area contributed by atoms with Crippen molar-refractivity contribution in [3.05, 3.63) is 0 Å². The summed E-state index contributed by atoms with van der Waals surface area (Å²) in [4.78, 5) is 14.2. The third kappa shape index (κ3) is 2.74. The average Bonchev–Trinajstić information content (AvgIpc) is 2.73. The fourth-order valence-corrected chi connectivity index (χ4v) is 2.47. The van der Waals surface area contributed by atoms with Gasteiger partial charge >= 0.3 is 0 Å². The van der Waals surface area contributed by atoms with E-state index in [1.54, 1.807) is 0 Å². The predicted molar refractivity (Wildman–Crippen MR) is 64.1 cm³/mol. The first-order valence-corrected chi connectivity index (χ1v) is 6.50. The summed E-state index contributed by atoms with van der Waals surface area (Å²) in [5.41, 5.74) is 5.39. The van der Waals surface area contributed by atoms with Gasteiger partial charge in [0.2, 0.25) is 5.91 Å². The highest BCUT2D eigenvalue weighted by Gasteiger charge is 2.39. The van der Waals surface area contributed by atoms with Crippen LogP contribution < -0.4 is 11.1 Å². The van der Waals surface area contributed by atoms with E-state index in [2.05, 4.69) is 10.2 Å². The third-order valence-corrected chi connectivity index (χ3v) is 3.83. The number of likely N-dealkylation sites (tertiary alicyclic amines) is 1. The van der Waals surface area contributed by atoms with Crippen LogP contribution in [0.1, 0.15) is 38.5 Å². The van der Waals surface area contributed by atoms with Gasteiger partial charge in [-0.05, 0) is 58.2 Å². The molecule has 1 saturated heterocycles. The minimum Gasteiger partial charge on any atom is -0.354 e. The van der Waals surface area contributed by atoms with Crippen LogP contribution in [0.3, 0.4) is 0 Å². The maximum absolute atomic E-state index is 11.7. The van der Waals surface area contributed by atoms with Crippen LogP contribution in [0, 0.1) is 0 Å². The van der Waals surface area contributed by atoms with Gasteiger partial charge in [-0.25, -0.2) is 0 Å². The highest BCUT2D eigenvalue weighted by Crippen LogP contribution is 2.28. The first-order valence-electron chi connectivity index (χ1n) is 6.50. The lowest BCUT2D eigenvalue weighted by Crippen LogP contribution is -2.58. The molecule has 0 unspecified atom stereocenters. The molecule has 2 aliphatic rings. The summed E-state index contributed by atoms with van der Waals surface area (Å²) in [6.07, 6.45) is 6.51. The zero-order valence-corrected chi connectivity index (χ0v) is 10.0. The highest BCUT2D eigenvalue weighted by atomic mass is 16.2. The Labute approximate surface area is 97.6 Å². The molecule has 2 rings (SSSR count). The topological polar surface area (TPSA) is 58.4 Å². The minimum absolute atomic E-state index is 0.0557. The molecule has 1 aliphatic heterocycles. The second kappa shape index (κ2) is 5.15. The zero-order valence-electron chi connectivity index (χ0n) is 10.0. The molecule has 0 bridgehead atoms. The Morgan fingerprint density at radius 3 is 2.50 bits per heavy atom. The first kappa shape index (κ1) is 11.9. The van der Waals surface area contributed by atoms with Gasteiger partial charge in [0.1, 0.15) is 0 Å². The number of hydrogen-bond acceptors (Lipinski definition) is 3. The summed E-state index contributed by atoms with van der Waals surface area (Å²) in [5.74, 6) is 0.0557. The second-order valence-electron chi connectivity index (χ2n) is 5.17. The van der Waals surface area contributed by atoms with Crippen LogP contribution in [0.2, 0.25) is 0 Å². The fraction of sp³-hybridized carbons (Fsp3) is 0.917. The van der Waals surface area contributed by atoms with Crippen molar-refractivity contribution in [1.29, 1.82) is 0 Å². The summed E-state index contributed by atoms with van der Waals surface area (Å²) in [6, 6.07) is 0. The Kier molecular flexibility index (Phi) is 3.82. The van der Waals surface area contributed by atoms with E-state index in [0.29, 0.717) is 0 Å². The molecule has 0 aromatic heterocycles. The van der Waals surface area contributed by atoms with Crippen molar-refractivity contribution >= 4 is 5.91 Å². The summed E-state index contributed by atoms with van der Waals surface area (Å²) < 4.78 is 0. The largest absolute Gasteiger partial charge is 0.354 e. The third-order valence-electron chi connectivity index (χ3n) is 3.83. The van der Waals surface area contributed by atoms with Gasteiger partial charge in [0.05, 0.1) is 5.54 Å². The molecule has 1 aliphatic carbocycles. The molecule has 3 N–H and O–H groups in total. The van der Waals surface area contributed by atoms with Crippen LogP contribution in [-0.4, -0.2) is 42.5 Å². The number of nitrogens with two attached hydrogens (primary N) is 1. The molecule has 16 heavy (non-hydrogen) atoms. The molecule has 92 valence electrons. The lowest BCUT2D eigenvalue weighted by Gasteiger charge is -2.36. The molecular formula is C12H23N3O. The van der Waals surface area contributed by atoms with Crippen LogP contribution >= 0.6 is 0 Å². The van der Waals surface area contributed by atoms with E-state index in [4.69, 9.17) is 5.73 Å². The molecule has 4 nitrogen and oxygen atoms in total. The normalized spacial score (nSPS) is 24.1. The summed E-state index contributed by atoms with van der Waals surface area (Å²) in [6.45, 7) is 4.34. The van der Waals surface area contributed by atoms with E-state index in [0.717, 1.165) is 38.8 Å². The van der Waals surface area contributed by atoms with E-state index >= 15 is 0 Å². The highest BCUT2D eigenvalue weighted by molar-refractivity contribution is 5.86. The summed E-state index contributed by atoms with van der Waals surface area (Å²) in [5, 5.41) is 2.96. The van der Waals surface area contributed by atoms with Gasteiger partial charge in [-0.3, -0.25) is 4.79 Å². The Morgan fingerprint density at radius 2 is 1.94 bits per heavy atom. The van der Waals surface area contributed by atoms with Gasteiger partial charge in [0, 0.05) is 6.54 Å². The Hall–Kier alpha value is -0.610. The fourth-order valence-electron chi connectivity index (χ4n) is 2.47. The predicted octanol–water partition coefficient (Wildman–Crippen LogP) is 0.470. The van der Waals surface area contributed by atoms with Gasteiger partial charge in [-0.2, -0.15) is 0 Å². The molecule has 0 spiro atoms. The van der Waals surface area contributed by atoms with E-state index < -0.39 is 5.54 Å². The molecular weight excluding hydrogens is 202 g/mol. The molecule has 4 heteroatoms. The van der Waals surface area contributed by atoms with Crippen molar-refractivity contribution in [1.82, 2.24) is 10.2 Å². The average molecular weight is 225 g/mol. The maximum atomic E-state index is 11.7. The standard InChI is InChI=1S/C12H23N3O/c13-12(5-3-6-12)11(16)14-7-4-10-15-8-1-2-9-15/h1-10,13H2,(H,14,16). The number of carbonyl (C=O) groups is 1. The van der Waals surface area contributed by atoms with Crippen molar-refractivity contribution in [3.63, 3.8) is 0 Å². The van der Waals surface area contributed by atoms with Crippen molar-refractivity contribution in [2.75, 3.05) is 26.2 Å². The van der Waals surface area contributed by atoms with Crippen LogP contribution in [0.5, 0.6) is 0 Å². The van der Waals surface area contributed by atoms with Crippen LogP contribution in [0.4, 0.5) is 0 Å². The number of amides is 1. The Bertz CT molecular complexity index is 245. The quantitative estimate of drug-likeness (QED) is 0.669. The lowest BCUT2D eigenvalue weighted by molar-refractivity contribution is -0.129. The molecule has 0 aromatic carbocycles. The number of rotatable bonds is 5. The summed E-state index contributed by atoms with van der Waals surface area (Å²) in [7, 11) is 0. The molecule has 1 heterocycles. The number of carbonyl (C=O) groups excluding carboxylic acids is 1. The first-order chi connectivity index (χ1) is 7.71. The van der Waals surface area contributed by atoms with E-state index in [1.165, 1.54) is 25.9 Å². The molecule has 2 fully saturated rings.